The number of anilines is 2. The second kappa shape index (κ2) is 6.76. The van der Waals surface area contributed by atoms with E-state index in [4.69, 9.17) is 15.6 Å². The van der Waals surface area contributed by atoms with E-state index < -0.39 is 15.6 Å². The number of hydrogen-bond donors (Lipinski definition) is 3. The highest BCUT2D eigenvalue weighted by Crippen LogP contribution is 2.30. The fraction of sp³-hybridized carbons (Fsp3) is 0.222. The number of benzene rings is 2. The molecule has 3 rings (SSSR count). The van der Waals surface area contributed by atoms with Crippen molar-refractivity contribution < 1.29 is 13.2 Å². The summed E-state index contributed by atoms with van der Waals surface area (Å²) in [7, 11) is -2.16. The summed E-state index contributed by atoms with van der Waals surface area (Å²) in [6, 6.07) is 9.79. The molecule has 0 aliphatic heterocycles. The Bertz CT molecular complexity index is 1090. The SMILES string of the molecule is COc1cc(C(C)(C)N)cc2cnc(Nc3ccc(S(N)(=O)=O)cc3)nc12. The van der Waals surface area contributed by atoms with E-state index >= 15 is 0 Å². The Labute approximate surface area is 157 Å². The third-order valence-electron chi connectivity index (χ3n) is 4.05. The van der Waals surface area contributed by atoms with Crippen LogP contribution in [0.3, 0.4) is 0 Å². The van der Waals surface area contributed by atoms with Gasteiger partial charge in [-0.05, 0) is 55.8 Å². The third-order valence-corrected chi connectivity index (χ3v) is 4.98. The van der Waals surface area contributed by atoms with Crippen LogP contribution in [0, 0.1) is 0 Å². The van der Waals surface area contributed by atoms with Crippen molar-refractivity contribution in [1.82, 2.24) is 9.97 Å². The first kappa shape index (κ1) is 19.0. The third kappa shape index (κ3) is 4.16. The number of rotatable bonds is 5. The van der Waals surface area contributed by atoms with Crippen LogP contribution in [0.1, 0.15) is 19.4 Å². The molecular formula is C18H21N5O3S. The lowest BCUT2D eigenvalue weighted by atomic mass is 9.94. The monoisotopic (exact) mass is 387 g/mol. The van der Waals surface area contributed by atoms with Crippen LogP contribution < -0.4 is 20.9 Å². The molecule has 0 spiro atoms. The van der Waals surface area contributed by atoms with Crippen molar-refractivity contribution in [3.8, 4) is 5.75 Å². The summed E-state index contributed by atoms with van der Waals surface area (Å²) < 4.78 is 28.1. The van der Waals surface area contributed by atoms with Crippen molar-refractivity contribution in [1.29, 1.82) is 0 Å². The number of aromatic nitrogens is 2. The zero-order valence-electron chi connectivity index (χ0n) is 15.2. The first-order valence-corrected chi connectivity index (χ1v) is 9.66. The van der Waals surface area contributed by atoms with E-state index in [2.05, 4.69) is 15.3 Å². The first-order chi connectivity index (χ1) is 12.6. The van der Waals surface area contributed by atoms with E-state index in [-0.39, 0.29) is 4.90 Å². The molecule has 27 heavy (non-hydrogen) atoms. The van der Waals surface area contributed by atoms with Gasteiger partial charge in [-0.3, -0.25) is 0 Å². The van der Waals surface area contributed by atoms with Crippen molar-refractivity contribution in [3.05, 3.63) is 48.2 Å². The summed E-state index contributed by atoms with van der Waals surface area (Å²) in [5, 5.41) is 8.94. The van der Waals surface area contributed by atoms with Crippen molar-refractivity contribution >= 4 is 32.6 Å². The number of ether oxygens (including phenoxy) is 1. The molecule has 0 aliphatic carbocycles. The van der Waals surface area contributed by atoms with Gasteiger partial charge in [0.1, 0.15) is 11.3 Å². The number of methoxy groups -OCH3 is 1. The maximum absolute atomic E-state index is 11.3. The molecule has 0 saturated carbocycles. The van der Waals surface area contributed by atoms with Gasteiger partial charge in [-0.25, -0.2) is 23.5 Å². The maximum Gasteiger partial charge on any atom is 0.238 e. The predicted molar refractivity (Wildman–Crippen MR) is 104 cm³/mol. The normalized spacial score (nSPS) is 12.2. The summed E-state index contributed by atoms with van der Waals surface area (Å²) in [6.45, 7) is 3.82. The first-order valence-electron chi connectivity index (χ1n) is 8.12. The zero-order valence-corrected chi connectivity index (χ0v) is 16.0. The van der Waals surface area contributed by atoms with Crippen molar-refractivity contribution in [2.45, 2.75) is 24.3 Å². The van der Waals surface area contributed by atoms with Crippen LogP contribution in [-0.2, 0) is 15.6 Å². The summed E-state index contributed by atoms with van der Waals surface area (Å²) >= 11 is 0. The standard InChI is InChI=1S/C18H21N5O3S/c1-18(2,19)12-8-11-10-21-17(23-16(11)15(9-12)26-3)22-13-4-6-14(7-5-13)27(20,24)25/h4-10H,19H2,1-3H3,(H2,20,24,25)(H,21,22,23). The summed E-state index contributed by atoms with van der Waals surface area (Å²) in [6.07, 6.45) is 1.68. The minimum absolute atomic E-state index is 0.0334. The Kier molecular flexibility index (Phi) is 4.77. The molecule has 3 aromatic rings. The molecule has 142 valence electrons. The molecule has 0 bridgehead atoms. The van der Waals surface area contributed by atoms with Gasteiger partial charge in [0.2, 0.25) is 16.0 Å². The van der Waals surface area contributed by atoms with Crippen LogP contribution in [0.25, 0.3) is 10.9 Å². The zero-order chi connectivity index (χ0) is 19.8. The van der Waals surface area contributed by atoms with Crippen LogP contribution in [0.4, 0.5) is 11.6 Å². The van der Waals surface area contributed by atoms with E-state index in [1.165, 1.54) is 12.1 Å². The number of primary sulfonamides is 1. The number of nitrogens with two attached hydrogens (primary N) is 2. The lowest BCUT2D eigenvalue weighted by Gasteiger charge is -2.20. The molecule has 0 unspecified atom stereocenters. The average molecular weight is 387 g/mol. The van der Waals surface area contributed by atoms with Crippen LogP contribution >= 0.6 is 0 Å². The van der Waals surface area contributed by atoms with Gasteiger partial charge in [0.25, 0.3) is 0 Å². The van der Waals surface area contributed by atoms with Gasteiger partial charge < -0.3 is 15.8 Å². The molecule has 0 radical (unpaired) electrons. The summed E-state index contributed by atoms with van der Waals surface area (Å²) in [4.78, 5) is 8.85. The second-order valence-electron chi connectivity index (χ2n) is 6.73. The Hall–Kier alpha value is -2.75. The van der Waals surface area contributed by atoms with E-state index in [1.54, 1.807) is 25.4 Å². The van der Waals surface area contributed by atoms with Crippen LogP contribution in [0.2, 0.25) is 0 Å². The molecule has 1 aromatic heterocycles. The molecule has 0 fully saturated rings. The quantitative estimate of drug-likeness (QED) is 0.611. The van der Waals surface area contributed by atoms with Crippen molar-refractivity contribution in [2.75, 3.05) is 12.4 Å². The topological polar surface area (TPSA) is 133 Å². The number of fused-ring (bicyclic) bond motifs is 1. The van der Waals surface area contributed by atoms with Gasteiger partial charge in [-0.1, -0.05) is 0 Å². The molecule has 0 saturated heterocycles. The van der Waals surface area contributed by atoms with Gasteiger partial charge in [0, 0.05) is 22.8 Å². The minimum atomic E-state index is -3.73. The largest absolute Gasteiger partial charge is 0.494 e. The fourth-order valence-electron chi connectivity index (χ4n) is 2.56. The van der Waals surface area contributed by atoms with Gasteiger partial charge in [-0.2, -0.15) is 0 Å². The number of sulfonamides is 1. The maximum atomic E-state index is 11.3. The van der Waals surface area contributed by atoms with Gasteiger partial charge in [0.05, 0.1) is 12.0 Å². The molecule has 9 heteroatoms. The van der Waals surface area contributed by atoms with Crippen LogP contribution in [-0.4, -0.2) is 25.5 Å². The Morgan fingerprint density at radius 2 is 1.81 bits per heavy atom. The van der Waals surface area contributed by atoms with Gasteiger partial charge >= 0.3 is 0 Å². The van der Waals surface area contributed by atoms with Gasteiger partial charge in [-0.15, -0.1) is 0 Å². The van der Waals surface area contributed by atoms with Crippen molar-refractivity contribution in [3.63, 3.8) is 0 Å². The highest BCUT2D eigenvalue weighted by Gasteiger charge is 2.18. The number of nitrogens with one attached hydrogen (secondary N) is 1. The molecule has 2 aromatic carbocycles. The predicted octanol–water partition coefficient (Wildman–Crippen LogP) is 2.22. The Morgan fingerprint density at radius 3 is 2.37 bits per heavy atom. The van der Waals surface area contributed by atoms with Gasteiger partial charge in [0.15, 0.2) is 0 Å². The fourth-order valence-corrected chi connectivity index (χ4v) is 3.07. The Balaban J connectivity index is 1.97. The molecular weight excluding hydrogens is 366 g/mol. The molecule has 0 amide bonds. The van der Waals surface area contributed by atoms with E-state index in [0.717, 1.165) is 10.9 Å². The van der Waals surface area contributed by atoms with E-state index in [9.17, 15) is 8.42 Å². The molecule has 0 atom stereocenters. The van der Waals surface area contributed by atoms with Crippen LogP contribution in [0.5, 0.6) is 5.75 Å². The average Bonchev–Trinajstić information content (AvgIpc) is 2.59. The highest BCUT2D eigenvalue weighted by atomic mass is 32.2. The Morgan fingerprint density at radius 1 is 1.15 bits per heavy atom. The molecule has 5 N–H and O–H groups in total. The second-order valence-corrected chi connectivity index (χ2v) is 8.29. The molecule has 8 nitrogen and oxygen atoms in total. The number of hydrogen-bond acceptors (Lipinski definition) is 7. The van der Waals surface area contributed by atoms with E-state index in [0.29, 0.717) is 22.9 Å². The minimum Gasteiger partial charge on any atom is -0.494 e. The lowest BCUT2D eigenvalue weighted by molar-refractivity contribution is 0.416. The summed E-state index contributed by atoms with van der Waals surface area (Å²) in [5.74, 6) is 0.944. The van der Waals surface area contributed by atoms with Crippen molar-refractivity contribution in [2.24, 2.45) is 10.9 Å². The van der Waals surface area contributed by atoms with E-state index in [1.807, 2.05) is 26.0 Å². The van der Waals surface area contributed by atoms with Crippen LogP contribution in [0.15, 0.2) is 47.5 Å². The molecule has 1 heterocycles. The highest BCUT2D eigenvalue weighted by molar-refractivity contribution is 7.89. The molecule has 0 aliphatic rings. The smallest absolute Gasteiger partial charge is 0.238 e. The lowest BCUT2D eigenvalue weighted by Crippen LogP contribution is -2.28. The summed E-state index contributed by atoms with van der Waals surface area (Å²) in [5.41, 5.74) is 7.84. The number of nitrogens with zero attached hydrogens (tertiary/aromatic N) is 2.